The van der Waals surface area contributed by atoms with E-state index in [-0.39, 0.29) is 12.6 Å². The number of hydrogen-bond donors (Lipinski definition) is 2. The van der Waals surface area contributed by atoms with E-state index in [4.69, 9.17) is 19.0 Å². The van der Waals surface area contributed by atoms with Crippen molar-refractivity contribution in [1.29, 1.82) is 0 Å². The molecule has 0 saturated heterocycles. The number of oxazole rings is 1. The van der Waals surface area contributed by atoms with E-state index in [0.717, 1.165) is 17.9 Å². The minimum Gasteiger partial charge on any atom is -0.493 e. The minimum absolute atomic E-state index is 0.165. The third-order valence-corrected chi connectivity index (χ3v) is 4.39. The maximum absolute atomic E-state index is 10.6. The van der Waals surface area contributed by atoms with Gasteiger partial charge in [0.1, 0.15) is 17.9 Å². The molecular formula is C20H21N3O5. The molecule has 146 valence electrons. The molecule has 1 atom stereocenters. The van der Waals surface area contributed by atoms with Crippen molar-refractivity contribution in [2.45, 2.75) is 25.8 Å². The molecule has 2 N–H and O–H groups in total. The molecule has 1 saturated carbocycles. The first-order valence-corrected chi connectivity index (χ1v) is 9.19. The fourth-order valence-electron chi connectivity index (χ4n) is 2.67. The van der Waals surface area contributed by atoms with E-state index in [9.17, 15) is 4.79 Å². The van der Waals surface area contributed by atoms with E-state index in [1.807, 2.05) is 24.3 Å². The molecule has 8 nitrogen and oxygen atoms in total. The highest BCUT2D eigenvalue weighted by Gasteiger charge is 2.21. The molecule has 0 spiro atoms. The summed E-state index contributed by atoms with van der Waals surface area (Å²) >= 11 is 0. The molecule has 8 heteroatoms. The molecule has 1 aliphatic carbocycles. The Balaban J connectivity index is 1.43. The summed E-state index contributed by atoms with van der Waals surface area (Å²) in [4.78, 5) is 19.3. The second kappa shape index (κ2) is 7.75. The summed E-state index contributed by atoms with van der Waals surface area (Å²) in [5.41, 5.74) is 2.01. The van der Waals surface area contributed by atoms with Crippen molar-refractivity contribution in [2.75, 3.05) is 13.2 Å². The summed E-state index contributed by atoms with van der Waals surface area (Å²) in [5, 5.41) is 11.0. The topological polar surface area (TPSA) is 107 Å². The zero-order valence-electron chi connectivity index (χ0n) is 15.4. The van der Waals surface area contributed by atoms with Gasteiger partial charge >= 0.3 is 6.09 Å². The van der Waals surface area contributed by atoms with Gasteiger partial charge in [-0.1, -0.05) is 0 Å². The number of ether oxygens (including phenoxy) is 2. The number of nitrogens with zero attached hydrogens (tertiary/aromatic N) is 2. The summed E-state index contributed by atoms with van der Waals surface area (Å²) in [7, 11) is 0. The third-order valence-electron chi connectivity index (χ3n) is 4.39. The van der Waals surface area contributed by atoms with Gasteiger partial charge in [0.15, 0.2) is 5.58 Å². The SMILES string of the molecule is C[C@@H](COc1cc2nc(-c3ccc(OCC4CC4)cc3)oc2cn1)NC(=O)O. The number of aromatic nitrogens is 2. The molecule has 1 amide bonds. The van der Waals surface area contributed by atoms with Gasteiger partial charge in [-0.2, -0.15) is 0 Å². The maximum Gasteiger partial charge on any atom is 0.404 e. The van der Waals surface area contributed by atoms with Crippen LogP contribution in [0.2, 0.25) is 0 Å². The van der Waals surface area contributed by atoms with Crippen LogP contribution >= 0.6 is 0 Å². The highest BCUT2D eigenvalue weighted by atomic mass is 16.5. The van der Waals surface area contributed by atoms with Gasteiger partial charge in [-0.3, -0.25) is 0 Å². The number of pyridine rings is 1. The summed E-state index contributed by atoms with van der Waals surface area (Å²) in [6, 6.07) is 8.96. The van der Waals surface area contributed by atoms with Crippen molar-refractivity contribution >= 4 is 17.2 Å². The number of fused-ring (bicyclic) bond motifs is 1. The van der Waals surface area contributed by atoms with E-state index in [2.05, 4.69) is 15.3 Å². The highest BCUT2D eigenvalue weighted by Crippen LogP contribution is 2.30. The van der Waals surface area contributed by atoms with Crippen molar-refractivity contribution in [1.82, 2.24) is 15.3 Å². The van der Waals surface area contributed by atoms with E-state index < -0.39 is 6.09 Å². The second-order valence-corrected chi connectivity index (χ2v) is 6.95. The quantitative estimate of drug-likeness (QED) is 0.610. The van der Waals surface area contributed by atoms with Crippen LogP contribution in [0.25, 0.3) is 22.6 Å². The van der Waals surface area contributed by atoms with Crippen molar-refractivity contribution in [3.8, 4) is 23.1 Å². The molecule has 0 aliphatic heterocycles. The first-order chi connectivity index (χ1) is 13.6. The number of hydrogen-bond acceptors (Lipinski definition) is 6. The molecule has 0 bridgehead atoms. The smallest absolute Gasteiger partial charge is 0.404 e. The first kappa shape index (κ1) is 18.1. The molecular weight excluding hydrogens is 362 g/mol. The Labute approximate surface area is 161 Å². The second-order valence-electron chi connectivity index (χ2n) is 6.95. The fraction of sp³-hybridized carbons (Fsp3) is 0.350. The zero-order valence-corrected chi connectivity index (χ0v) is 15.4. The molecule has 0 radical (unpaired) electrons. The van der Waals surface area contributed by atoms with Crippen LogP contribution in [0, 0.1) is 5.92 Å². The highest BCUT2D eigenvalue weighted by molar-refractivity contribution is 5.76. The Morgan fingerprint density at radius 1 is 1.32 bits per heavy atom. The Morgan fingerprint density at radius 2 is 2.11 bits per heavy atom. The molecule has 0 unspecified atom stereocenters. The van der Waals surface area contributed by atoms with Gasteiger partial charge in [0, 0.05) is 11.6 Å². The number of carboxylic acid groups (broad SMARTS) is 1. The number of benzene rings is 1. The molecule has 3 aromatic rings. The van der Waals surface area contributed by atoms with Gasteiger partial charge in [-0.25, -0.2) is 14.8 Å². The minimum atomic E-state index is -1.09. The Hall–Kier alpha value is -3.29. The van der Waals surface area contributed by atoms with Crippen molar-refractivity contribution in [3.63, 3.8) is 0 Å². The summed E-state index contributed by atoms with van der Waals surface area (Å²) in [6.45, 7) is 2.65. The standard InChI is InChI=1S/C20H21N3O5/c1-12(22-20(24)25)10-27-18-8-16-17(9-21-18)28-19(23-16)14-4-6-15(7-5-14)26-11-13-2-3-13/h4-9,12-13,22H,2-3,10-11H2,1H3,(H,24,25)/t12-/m0/s1. The number of amides is 1. The lowest BCUT2D eigenvalue weighted by atomic mass is 10.2. The summed E-state index contributed by atoms with van der Waals surface area (Å²) < 4.78 is 17.0. The molecule has 2 heterocycles. The van der Waals surface area contributed by atoms with Gasteiger partial charge in [0.05, 0.1) is 18.8 Å². The number of rotatable bonds is 8. The van der Waals surface area contributed by atoms with E-state index in [1.54, 1.807) is 19.2 Å². The van der Waals surface area contributed by atoms with Gasteiger partial charge in [-0.15, -0.1) is 0 Å². The molecule has 28 heavy (non-hydrogen) atoms. The molecule has 4 rings (SSSR count). The predicted molar refractivity (Wildman–Crippen MR) is 102 cm³/mol. The predicted octanol–water partition coefficient (Wildman–Crippen LogP) is 3.71. The molecule has 1 aliphatic rings. The van der Waals surface area contributed by atoms with Crippen LogP contribution in [0.5, 0.6) is 11.6 Å². The van der Waals surface area contributed by atoms with Gasteiger partial charge in [0.2, 0.25) is 11.8 Å². The van der Waals surface area contributed by atoms with Crippen LogP contribution in [0.3, 0.4) is 0 Å². The Bertz CT molecular complexity index is 966. The lowest BCUT2D eigenvalue weighted by molar-refractivity contribution is 0.182. The Kier molecular flexibility index (Phi) is 5.01. The average molecular weight is 383 g/mol. The van der Waals surface area contributed by atoms with Gasteiger partial charge in [-0.05, 0) is 49.9 Å². The fourth-order valence-corrected chi connectivity index (χ4v) is 2.67. The molecule has 1 fully saturated rings. The molecule has 2 aromatic heterocycles. The normalized spacial score (nSPS) is 14.6. The van der Waals surface area contributed by atoms with Crippen LogP contribution < -0.4 is 14.8 Å². The summed E-state index contributed by atoms with van der Waals surface area (Å²) in [5.74, 6) is 2.40. The van der Waals surface area contributed by atoms with Gasteiger partial charge < -0.3 is 24.3 Å². The van der Waals surface area contributed by atoms with Crippen molar-refractivity contribution in [2.24, 2.45) is 5.92 Å². The monoisotopic (exact) mass is 383 g/mol. The van der Waals surface area contributed by atoms with Crippen LogP contribution in [-0.4, -0.2) is 40.4 Å². The zero-order chi connectivity index (χ0) is 19.5. The number of carbonyl (C=O) groups is 1. The molecule has 1 aromatic carbocycles. The van der Waals surface area contributed by atoms with Crippen LogP contribution in [0.15, 0.2) is 40.9 Å². The first-order valence-electron chi connectivity index (χ1n) is 9.19. The van der Waals surface area contributed by atoms with Crippen molar-refractivity contribution < 1.29 is 23.8 Å². The van der Waals surface area contributed by atoms with E-state index in [0.29, 0.717) is 28.8 Å². The largest absolute Gasteiger partial charge is 0.493 e. The average Bonchev–Trinajstić information content (AvgIpc) is 3.41. The lowest BCUT2D eigenvalue weighted by Gasteiger charge is -2.11. The van der Waals surface area contributed by atoms with E-state index in [1.165, 1.54) is 12.8 Å². The Morgan fingerprint density at radius 3 is 2.82 bits per heavy atom. The van der Waals surface area contributed by atoms with Crippen molar-refractivity contribution in [3.05, 3.63) is 36.5 Å². The summed E-state index contributed by atoms with van der Waals surface area (Å²) in [6.07, 6.45) is 2.97. The van der Waals surface area contributed by atoms with Crippen LogP contribution in [0.1, 0.15) is 19.8 Å². The number of nitrogens with one attached hydrogen (secondary N) is 1. The van der Waals surface area contributed by atoms with Crippen LogP contribution in [0.4, 0.5) is 4.79 Å². The maximum atomic E-state index is 10.6. The van der Waals surface area contributed by atoms with E-state index >= 15 is 0 Å². The third kappa shape index (κ3) is 4.51. The van der Waals surface area contributed by atoms with Crippen LogP contribution in [-0.2, 0) is 0 Å². The van der Waals surface area contributed by atoms with Gasteiger partial charge in [0.25, 0.3) is 0 Å². The lowest BCUT2D eigenvalue weighted by Crippen LogP contribution is -2.35.